The number of hydrogen-bond donors (Lipinski definition) is 3. The van der Waals surface area contributed by atoms with E-state index in [1.54, 1.807) is 6.20 Å². The van der Waals surface area contributed by atoms with E-state index in [0.717, 1.165) is 6.42 Å². The standard InChI is InChI=1S/C16H20N6O2/c23-16(12-6-10-24-11-12)19-9-8-18-14-4-5-15(22-21-14)20-13-3-1-2-7-17-13/h1-5,7,12H,6,8-11H2,(H,18,21)(H,19,23)(H,17,20,22)/t12-/m0/s1. The van der Waals surface area contributed by atoms with Crippen LogP contribution in [0.5, 0.6) is 0 Å². The highest BCUT2D eigenvalue weighted by molar-refractivity contribution is 5.79. The molecule has 8 nitrogen and oxygen atoms in total. The van der Waals surface area contributed by atoms with Crippen molar-refractivity contribution in [3.63, 3.8) is 0 Å². The third-order valence-electron chi connectivity index (χ3n) is 3.62. The van der Waals surface area contributed by atoms with Gasteiger partial charge in [-0.25, -0.2) is 4.98 Å². The Labute approximate surface area is 140 Å². The van der Waals surface area contributed by atoms with Crippen molar-refractivity contribution in [2.45, 2.75) is 6.42 Å². The zero-order valence-electron chi connectivity index (χ0n) is 13.2. The van der Waals surface area contributed by atoms with Crippen LogP contribution in [0.3, 0.4) is 0 Å². The van der Waals surface area contributed by atoms with E-state index < -0.39 is 0 Å². The first-order chi connectivity index (χ1) is 11.8. The Hall–Kier alpha value is -2.74. The van der Waals surface area contributed by atoms with E-state index in [9.17, 15) is 4.79 Å². The van der Waals surface area contributed by atoms with Crippen molar-refractivity contribution in [3.8, 4) is 0 Å². The lowest BCUT2D eigenvalue weighted by atomic mass is 10.1. The van der Waals surface area contributed by atoms with E-state index in [-0.39, 0.29) is 11.8 Å². The Morgan fingerprint density at radius 2 is 2.00 bits per heavy atom. The summed E-state index contributed by atoms with van der Waals surface area (Å²) in [6, 6.07) is 9.24. The summed E-state index contributed by atoms with van der Waals surface area (Å²) in [5.41, 5.74) is 0. The molecule has 24 heavy (non-hydrogen) atoms. The summed E-state index contributed by atoms with van der Waals surface area (Å²) in [5.74, 6) is 2.02. The molecule has 3 N–H and O–H groups in total. The molecule has 1 aliphatic heterocycles. The Kier molecular flexibility index (Phi) is 5.52. The van der Waals surface area contributed by atoms with Crippen molar-refractivity contribution < 1.29 is 9.53 Å². The molecule has 0 unspecified atom stereocenters. The maximum absolute atomic E-state index is 11.8. The minimum atomic E-state index is -0.0123. The van der Waals surface area contributed by atoms with Gasteiger partial charge in [-0.15, -0.1) is 10.2 Å². The van der Waals surface area contributed by atoms with Crippen molar-refractivity contribution in [2.75, 3.05) is 36.9 Å². The largest absolute Gasteiger partial charge is 0.381 e. The van der Waals surface area contributed by atoms with Crippen molar-refractivity contribution in [1.29, 1.82) is 0 Å². The van der Waals surface area contributed by atoms with Gasteiger partial charge in [-0.2, -0.15) is 0 Å². The van der Waals surface area contributed by atoms with Crippen LogP contribution in [-0.2, 0) is 9.53 Å². The van der Waals surface area contributed by atoms with Crippen LogP contribution in [0.25, 0.3) is 0 Å². The molecule has 2 aromatic heterocycles. The van der Waals surface area contributed by atoms with Crippen LogP contribution in [-0.4, -0.2) is 47.4 Å². The molecule has 1 saturated heterocycles. The number of rotatable bonds is 7. The van der Waals surface area contributed by atoms with Gasteiger partial charge in [0.15, 0.2) is 5.82 Å². The van der Waals surface area contributed by atoms with Crippen molar-refractivity contribution >= 4 is 23.4 Å². The highest BCUT2D eigenvalue weighted by Crippen LogP contribution is 2.12. The first-order valence-electron chi connectivity index (χ1n) is 7.92. The molecule has 126 valence electrons. The summed E-state index contributed by atoms with van der Waals surface area (Å²) in [7, 11) is 0. The molecule has 0 radical (unpaired) electrons. The lowest BCUT2D eigenvalue weighted by molar-refractivity contribution is -0.124. The predicted molar refractivity (Wildman–Crippen MR) is 90.0 cm³/mol. The lowest BCUT2D eigenvalue weighted by Crippen LogP contribution is -2.34. The third-order valence-corrected chi connectivity index (χ3v) is 3.62. The maximum Gasteiger partial charge on any atom is 0.225 e. The number of carbonyl (C=O) groups excluding carboxylic acids is 1. The van der Waals surface area contributed by atoms with Gasteiger partial charge in [0.1, 0.15) is 11.6 Å². The number of amides is 1. The molecule has 1 amide bonds. The van der Waals surface area contributed by atoms with E-state index in [0.29, 0.717) is 43.8 Å². The van der Waals surface area contributed by atoms with Gasteiger partial charge >= 0.3 is 0 Å². The molecule has 2 aromatic rings. The Bertz CT molecular complexity index is 643. The summed E-state index contributed by atoms with van der Waals surface area (Å²) in [6.07, 6.45) is 2.51. The quantitative estimate of drug-likeness (QED) is 0.656. The molecule has 1 aliphatic rings. The molecule has 0 aliphatic carbocycles. The molecule has 3 heterocycles. The van der Waals surface area contributed by atoms with E-state index >= 15 is 0 Å². The van der Waals surface area contributed by atoms with Crippen LogP contribution in [0, 0.1) is 5.92 Å². The monoisotopic (exact) mass is 328 g/mol. The molecule has 0 bridgehead atoms. The van der Waals surface area contributed by atoms with Gasteiger partial charge in [-0.1, -0.05) is 6.07 Å². The first kappa shape index (κ1) is 16.1. The summed E-state index contributed by atoms with van der Waals surface area (Å²) in [5, 5.41) is 17.2. The van der Waals surface area contributed by atoms with Crippen molar-refractivity contribution in [1.82, 2.24) is 20.5 Å². The second kappa shape index (κ2) is 8.21. The zero-order valence-corrected chi connectivity index (χ0v) is 13.2. The van der Waals surface area contributed by atoms with Crippen LogP contribution in [0.15, 0.2) is 36.5 Å². The van der Waals surface area contributed by atoms with Gasteiger partial charge in [0.05, 0.1) is 12.5 Å². The predicted octanol–water partition coefficient (Wildman–Crippen LogP) is 1.18. The van der Waals surface area contributed by atoms with Gasteiger partial charge < -0.3 is 20.7 Å². The molecule has 8 heteroatoms. The lowest BCUT2D eigenvalue weighted by Gasteiger charge is -2.10. The second-order valence-electron chi connectivity index (χ2n) is 5.42. The number of nitrogens with zero attached hydrogens (tertiary/aromatic N) is 3. The first-order valence-corrected chi connectivity index (χ1v) is 7.92. The van der Waals surface area contributed by atoms with Gasteiger partial charge in [0.25, 0.3) is 0 Å². The Balaban J connectivity index is 1.39. The SMILES string of the molecule is O=C(NCCNc1ccc(Nc2ccccn2)nn1)[C@H]1CCOC1. The molecular weight excluding hydrogens is 308 g/mol. The summed E-state index contributed by atoms with van der Waals surface area (Å²) in [4.78, 5) is 16.0. The fourth-order valence-corrected chi connectivity index (χ4v) is 2.32. The number of aromatic nitrogens is 3. The van der Waals surface area contributed by atoms with Crippen LogP contribution in [0.1, 0.15) is 6.42 Å². The van der Waals surface area contributed by atoms with Crippen LogP contribution < -0.4 is 16.0 Å². The van der Waals surface area contributed by atoms with E-state index in [4.69, 9.17) is 4.74 Å². The molecule has 1 fully saturated rings. The van der Waals surface area contributed by atoms with Crippen LogP contribution >= 0.6 is 0 Å². The van der Waals surface area contributed by atoms with Gasteiger partial charge in [0.2, 0.25) is 5.91 Å². The third kappa shape index (κ3) is 4.63. The molecular formula is C16H20N6O2. The Morgan fingerprint density at radius 3 is 2.71 bits per heavy atom. The summed E-state index contributed by atoms with van der Waals surface area (Å²) >= 11 is 0. The number of anilines is 3. The van der Waals surface area contributed by atoms with Gasteiger partial charge in [0, 0.05) is 25.9 Å². The minimum Gasteiger partial charge on any atom is -0.381 e. The molecule has 1 atom stereocenters. The minimum absolute atomic E-state index is 0.0123. The zero-order chi connectivity index (χ0) is 16.6. The smallest absolute Gasteiger partial charge is 0.225 e. The van der Waals surface area contributed by atoms with Gasteiger partial charge in [-0.05, 0) is 30.7 Å². The number of nitrogens with one attached hydrogen (secondary N) is 3. The number of carbonyl (C=O) groups is 1. The van der Waals surface area contributed by atoms with E-state index in [2.05, 4.69) is 31.1 Å². The van der Waals surface area contributed by atoms with Crippen molar-refractivity contribution in [3.05, 3.63) is 36.5 Å². The average Bonchev–Trinajstić information content (AvgIpc) is 3.16. The summed E-state index contributed by atoms with van der Waals surface area (Å²) in [6.45, 7) is 2.31. The van der Waals surface area contributed by atoms with Crippen molar-refractivity contribution in [2.24, 2.45) is 5.92 Å². The summed E-state index contributed by atoms with van der Waals surface area (Å²) < 4.78 is 5.20. The molecule has 0 saturated carbocycles. The van der Waals surface area contributed by atoms with E-state index in [1.807, 2.05) is 30.3 Å². The molecule has 3 rings (SSSR count). The van der Waals surface area contributed by atoms with Gasteiger partial charge in [-0.3, -0.25) is 4.79 Å². The van der Waals surface area contributed by atoms with Crippen LogP contribution in [0.4, 0.5) is 17.5 Å². The fraction of sp³-hybridized carbons (Fsp3) is 0.375. The molecule has 0 aromatic carbocycles. The Morgan fingerprint density at radius 1 is 1.12 bits per heavy atom. The number of pyridine rings is 1. The topological polar surface area (TPSA) is 101 Å². The molecule has 0 spiro atoms. The van der Waals surface area contributed by atoms with Crippen LogP contribution in [0.2, 0.25) is 0 Å². The number of ether oxygens (including phenoxy) is 1. The highest BCUT2D eigenvalue weighted by Gasteiger charge is 2.22. The average molecular weight is 328 g/mol. The number of hydrogen-bond acceptors (Lipinski definition) is 7. The fourth-order valence-electron chi connectivity index (χ4n) is 2.32. The maximum atomic E-state index is 11.8. The highest BCUT2D eigenvalue weighted by atomic mass is 16.5. The van der Waals surface area contributed by atoms with E-state index in [1.165, 1.54) is 0 Å². The second-order valence-corrected chi connectivity index (χ2v) is 5.42. The normalized spacial score (nSPS) is 16.6.